The van der Waals surface area contributed by atoms with Gasteiger partial charge in [0.25, 0.3) is 0 Å². The largest absolute Gasteiger partial charge is 0.508 e. The number of rotatable bonds is 8. The van der Waals surface area contributed by atoms with Gasteiger partial charge in [-0.2, -0.15) is 9.97 Å². The number of fused-ring (bicyclic) bond motifs is 3. The Morgan fingerprint density at radius 2 is 1.91 bits per heavy atom. The molecule has 5 heterocycles. The van der Waals surface area contributed by atoms with Gasteiger partial charge in [-0.1, -0.05) is 13.0 Å². The van der Waals surface area contributed by atoms with E-state index in [-0.39, 0.29) is 34.1 Å². The molecule has 46 heavy (non-hydrogen) atoms. The minimum atomic E-state index is -0.937. The van der Waals surface area contributed by atoms with Crippen molar-refractivity contribution < 1.29 is 28.5 Å². The summed E-state index contributed by atoms with van der Waals surface area (Å²) >= 11 is 0. The molecular weight excluding hydrogens is 592 g/mol. The second-order valence-corrected chi connectivity index (χ2v) is 13.5. The summed E-state index contributed by atoms with van der Waals surface area (Å²) in [5.74, 6) is -0.747. The Morgan fingerprint density at radius 1 is 1.09 bits per heavy atom. The van der Waals surface area contributed by atoms with E-state index in [9.17, 15) is 14.6 Å². The average Bonchev–Trinajstić information content (AvgIpc) is 3.59. The normalized spacial score (nSPS) is 25.1. The first-order chi connectivity index (χ1) is 22.1. The van der Waals surface area contributed by atoms with E-state index in [2.05, 4.69) is 14.9 Å². The fourth-order valence-corrected chi connectivity index (χ4v) is 8.13. The van der Waals surface area contributed by atoms with Crippen molar-refractivity contribution in [2.24, 2.45) is 0 Å². The molecule has 3 atom stereocenters. The summed E-state index contributed by atoms with van der Waals surface area (Å²) in [7, 11) is 1.73. The number of aryl methyl sites for hydroxylation is 1. The summed E-state index contributed by atoms with van der Waals surface area (Å²) in [6.45, 7) is 6.58. The van der Waals surface area contributed by atoms with Crippen LogP contribution in [0.25, 0.3) is 32.9 Å². The van der Waals surface area contributed by atoms with Crippen molar-refractivity contribution >= 4 is 27.5 Å². The predicted molar refractivity (Wildman–Crippen MR) is 172 cm³/mol. The van der Waals surface area contributed by atoms with E-state index in [4.69, 9.17) is 14.5 Å². The van der Waals surface area contributed by atoms with Gasteiger partial charge in [0.1, 0.15) is 35.2 Å². The van der Waals surface area contributed by atoms with Crippen molar-refractivity contribution in [2.45, 2.75) is 76.0 Å². The van der Waals surface area contributed by atoms with E-state index in [1.807, 2.05) is 11.8 Å². The molecule has 0 radical (unpaired) electrons. The van der Waals surface area contributed by atoms with Crippen LogP contribution in [0.5, 0.6) is 11.8 Å². The van der Waals surface area contributed by atoms with Crippen molar-refractivity contribution in [3.05, 3.63) is 47.7 Å². The van der Waals surface area contributed by atoms with Crippen LogP contribution in [0.4, 0.5) is 14.6 Å². The quantitative estimate of drug-likeness (QED) is 0.251. The first-order valence-electron chi connectivity index (χ1n) is 16.3. The van der Waals surface area contributed by atoms with Gasteiger partial charge in [-0.05, 0) is 92.9 Å². The number of benzene rings is 2. The molecule has 3 aliphatic heterocycles. The summed E-state index contributed by atoms with van der Waals surface area (Å²) in [4.78, 5) is 18.4. The standard InChI is InChI=1S/C35H41F2N5O4/c1-4-24-27(36)8-7-21-15-23(43)16-25(28(21)24)30-29(37)31-26(17-38-30)32(41-13-5-10-34(2,44)19-41)40-33(39-31)46-20-35-11-6-14-42(35)22(9-12-35)18-45-3/h7-8,15-17,22,43-44H,4-6,9-14,18-20H2,1-3H3/t22-,34?,35+/m0/s1. The van der Waals surface area contributed by atoms with E-state index in [0.717, 1.165) is 38.6 Å². The van der Waals surface area contributed by atoms with Crippen LogP contribution in [0.15, 0.2) is 30.5 Å². The number of anilines is 1. The van der Waals surface area contributed by atoms with E-state index in [1.54, 1.807) is 20.1 Å². The fraction of sp³-hybridized carbons (Fsp3) is 0.514. The van der Waals surface area contributed by atoms with Crippen LogP contribution < -0.4 is 9.64 Å². The highest BCUT2D eigenvalue weighted by Crippen LogP contribution is 2.43. The Hall–Kier alpha value is -3.67. The van der Waals surface area contributed by atoms with E-state index >= 15 is 4.39 Å². The van der Waals surface area contributed by atoms with Crippen LogP contribution >= 0.6 is 0 Å². The Balaban J connectivity index is 1.35. The number of aromatic nitrogens is 3. The third kappa shape index (κ3) is 5.32. The number of phenols is 1. The molecule has 3 fully saturated rings. The zero-order chi connectivity index (χ0) is 32.2. The first-order valence-corrected chi connectivity index (χ1v) is 16.3. The average molecular weight is 634 g/mol. The summed E-state index contributed by atoms with van der Waals surface area (Å²) in [5.41, 5.74) is -0.420. The number of β-amino-alcohol motifs (C(OH)–C–C–N with tert-alkyl or cyclic N) is 1. The highest BCUT2D eigenvalue weighted by Gasteiger charge is 2.49. The summed E-state index contributed by atoms with van der Waals surface area (Å²) < 4.78 is 43.7. The van der Waals surface area contributed by atoms with E-state index < -0.39 is 17.2 Å². The lowest BCUT2D eigenvalue weighted by Crippen LogP contribution is -2.48. The third-order valence-electron chi connectivity index (χ3n) is 10.2. The summed E-state index contributed by atoms with van der Waals surface area (Å²) in [6, 6.07) is 6.28. The Labute approximate surface area is 267 Å². The SMILES string of the molecule is CCc1c(F)ccc2cc(O)cc(-c3ncc4c(N5CCCC(C)(O)C5)nc(OC[C@]56CCCN5[C@H](COC)CC6)nc4c3F)c12. The minimum Gasteiger partial charge on any atom is -0.508 e. The molecule has 0 aliphatic carbocycles. The van der Waals surface area contributed by atoms with Crippen molar-refractivity contribution in [1.29, 1.82) is 0 Å². The molecule has 2 N–H and O–H groups in total. The maximum atomic E-state index is 16.8. The van der Waals surface area contributed by atoms with Gasteiger partial charge in [0.15, 0.2) is 5.82 Å². The topological polar surface area (TPSA) is 104 Å². The second-order valence-electron chi connectivity index (χ2n) is 13.5. The molecule has 1 unspecified atom stereocenters. The number of phenolic OH excluding ortho intramolecular Hbond substituents is 1. The lowest BCUT2D eigenvalue weighted by molar-refractivity contribution is 0.0445. The van der Waals surface area contributed by atoms with Crippen LogP contribution in [0.3, 0.4) is 0 Å². The minimum absolute atomic E-state index is 0.0191. The maximum Gasteiger partial charge on any atom is 0.319 e. The van der Waals surface area contributed by atoms with Gasteiger partial charge >= 0.3 is 6.01 Å². The highest BCUT2D eigenvalue weighted by atomic mass is 19.1. The van der Waals surface area contributed by atoms with Crippen LogP contribution in [-0.4, -0.2) is 87.2 Å². The summed E-state index contributed by atoms with van der Waals surface area (Å²) in [6.07, 6.45) is 7.34. The predicted octanol–water partition coefficient (Wildman–Crippen LogP) is 5.76. The van der Waals surface area contributed by atoms with Gasteiger partial charge in [0.05, 0.1) is 23.1 Å². The number of halogens is 2. The van der Waals surface area contributed by atoms with Crippen molar-refractivity contribution in [2.75, 3.05) is 44.9 Å². The molecule has 7 rings (SSSR count). The molecule has 3 aliphatic rings. The van der Waals surface area contributed by atoms with Gasteiger partial charge in [0, 0.05) is 38.0 Å². The van der Waals surface area contributed by atoms with Crippen molar-refractivity contribution in [3.8, 4) is 23.0 Å². The monoisotopic (exact) mass is 633 g/mol. The number of hydrogen-bond donors (Lipinski definition) is 2. The number of aliphatic hydroxyl groups is 1. The fourth-order valence-electron chi connectivity index (χ4n) is 8.13. The van der Waals surface area contributed by atoms with Gasteiger partial charge in [-0.25, -0.2) is 8.78 Å². The molecule has 0 amide bonds. The molecule has 0 saturated carbocycles. The zero-order valence-corrected chi connectivity index (χ0v) is 26.7. The Bertz CT molecular complexity index is 1800. The van der Waals surface area contributed by atoms with Gasteiger partial charge < -0.3 is 24.6 Å². The Kier molecular flexibility index (Phi) is 7.97. The summed E-state index contributed by atoms with van der Waals surface area (Å²) in [5, 5.41) is 23.0. The lowest BCUT2D eigenvalue weighted by atomic mass is 9.94. The number of methoxy groups -OCH3 is 1. The highest BCUT2D eigenvalue weighted by molar-refractivity contribution is 6.01. The number of piperidine rings is 1. The molecule has 0 spiro atoms. The number of nitrogens with zero attached hydrogens (tertiary/aromatic N) is 5. The second kappa shape index (κ2) is 11.8. The molecule has 3 saturated heterocycles. The molecule has 244 valence electrons. The Morgan fingerprint density at radius 3 is 2.70 bits per heavy atom. The van der Waals surface area contributed by atoms with Crippen molar-refractivity contribution in [1.82, 2.24) is 19.9 Å². The van der Waals surface area contributed by atoms with Gasteiger partial charge in [0.2, 0.25) is 0 Å². The van der Waals surface area contributed by atoms with E-state index in [0.29, 0.717) is 72.7 Å². The third-order valence-corrected chi connectivity index (χ3v) is 10.2. The van der Waals surface area contributed by atoms with Crippen LogP contribution in [0, 0.1) is 11.6 Å². The zero-order valence-electron chi connectivity index (χ0n) is 26.7. The smallest absolute Gasteiger partial charge is 0.319 e. The molecule has 2 aromatic heterocycles. The molecular formula is C35H41F2N5O4. The molecule has 0 bridgehead atoms. The molecule has 9 nitrogen and oxygen atoms in total. The van der Waals surface area contributed by atoms with Crippen LogP contribution in [-0.2, 0) is 11.2 Å². The number of pyridine rings is 1. The lowest BCUT2D eigenvalue weighted by Gasteiger charge is -2.38. The first kappa shape index (κ1) is 31.0. The number of ether oxygens (including phenoxy) is 2. The molecule has 2 aromatic carbocycles. The van der Waals surface area contributed by atoms with E-state index in [1.165, 1.54) is 24.4 Å². The van der Waals surface area contributed by atoms with Crippen LogP contribution in [0.1, 0.15) is 57.9 Å². The number of aromatic hydroxyl groups is 1. The molecule has 11 heteroatoms. The van der Waals surface area contributed by atoms with Gasteiger partial charge in [-0.15, -0.1) is 0 Å². The van der Waals surface area contributed by atoms with Gasteiger partial charge in [-0.3, -0.25) is 9.88 Å². The number of hydrogen-bond acceptors (Lipinski definition) is 9. The van der Waals surface area contributed by atoms with Crippen LogP contribution in [0.2, 0.25) is 0 Å². The van der Waals surface area contributed by atoms with Crippen molar-refractivity contribution in [3.63, 3.8) is 0 Å². The maximum absolute atomic E-state index is 16.8. The molecule has 4 aromatic rings.